The van der Waals surface area contributed by atoms with Crippen LogP contribution < -0.4 is 74.4 Å². The number of nitrogens with zero attached hydrogens (tertiary/aromatic N) is 8. The van der Waals surface area contributed by atoms with E-state index in [1.54, 1.807) is 0 Å². The molecule has 0 aliphatic carbocycles. The van der Waals surface area contributed by atoms with Crippen LogP contribution in [0.5, 0.6) is 46.0 Å². The van der Waals surface area contributed by atoms with E-state index in [0.29, 0.717) is 120 Å². The highest BCUT2D eigenvalue weighted by Gasteiger charge is 2.44. The monoisotopic (exact) mass is 1670 g/mol. The number of ether oxygens (including phenoxy) is 12. The molecule has 24 nitrogen and oxygen atoms in total. The lowest BCUT2D eigenvalue weighted by Crippen LogP contribution is -2.36. The summed E-state index contributed by atoms with van der Waals surface area (Å²) in [5.74, 6) is -0.711. The molecule has 0 saturated carbocycles. The molecule has 12 aliphatic rings. The first-order chi connectivity index (χ1) is 60.4. The molecule has 12 aromatic rings. The number of aryl methyl sites for hydroxylation is 4. The third-order valence-corrected chi connectivity index (χ3v) is 24.1. The molecular formula is C100H104N8O16+8. The third kappa shape index (κ3) is 18.1. The highest BCUT2D eigenvalue weighted by Crippen LogP contribution is 2.59. The van der Waals surface area contributed by atoms with Gasteiger partial charge in [-0.3, -0.25) is 19.2 Å². The second-order valence-electron chi connectivity index (χ2n) is 32.6. The molecule has 8 aromatic heterocycles. The number of pyridine rings is 8. The van der Waals surface area contributed by atoms with Gasteiger partial charge in [-0.05, 0) is 120 Å². The second kappa shape index (κ2) is 37.0. The van der Waals surface area contributed by atoms with Gasteiger partial charge < -0.3 is 56.8 Å². The van der Waals surface area contributed by atoms with Gasteiger partial charge in [-0.2, -0.15) is 0 Å². The lowest BCUT2D eigenvalue weighted by atomic mass is 9.74. The normalized spacial score (nSPS) is 15.5. The molecule has 0 spiro atoms. The van der Waals surface area contributed by atoms with Crippen LogP contribution in [-0.2, 0) is 92.5 Å². The second-order valence-corrected chi connectivity index (χ2v) is 32.6. The zero-order chi connectivity index (χ0) is 85.5. The van der Waals surface area contributed by atoms with Gasteiger partial charge in [-0.1, -0.05) is 0 Å². The number of rotatable bonds is 28. The van der Waals surface area contributed by atoms with E-state index >= 15 is 0 Å². The van der Waals surface area contributed by atoms with Gasteiger partial charge >= 0.3 is 23.9 Å². The van der Waals surface area contributed by atoms with E-state index in [2.05, 4.69) is 189 Å². The Hall–Kier alpha value is -13.6. The van der Waals surface area contributed by atoms with Crippen LogP contribution in [0.25, 0.3) is 44.5 Å². The van der Waals surface area contributed by atoms with Crippen molar-refractivity contribution in [3.63, 3.8) is 0 Å². The summed E-state index contributed by atoms with van der Waals surface area (Å²) in [7, 11) is 7.99. The molecule has 16 bridgehead atoms. The quantitative estimate of drug-likeness (QED) is 0.0193. The molecule has 632 valence electrons. The molecular weight excluding hydrogens is 1570 g/mol. The minimum absolute atomic E-state index is 0.0729. The molecule has 0 unspecified atom stereocenters. The van der Waals surface area contributed by atoms with Crippen molar-refractivity contribution in [1.82, 2.24) is 0 Å². The average molecular weight is 1670 g/mol. The van der Waals surface area contributed by atoms with Gasteiger partial charge in [0, 0.05) is 193 Å². The van der Waals surface area contributed by atoms with Gasteiger partial charge in [-0.15, -0.1) is 0 Å². The minimum Gasteiger partial charge on any atom is -0.466 e. The smallest absolute Gasteiger partial charge is 0.302 e. The summed E-state index contributed by atoms with van der Waals surface area (Å²) < 4.78 is 103. The van der Waals surface area contributed by atoms with Crippen molar-refractivity contribution in [3.8, 4) is 90.5 Å². The molecule has 20 heterocycles. The van der Waals surface area contributed by atoms with Crippen molar-refractivity contribution in [2.45, 2.75) is 129 Å². The van der Waals surface area contributed by atoms with Gasteiger partial charge in [0.05, 0.1) is 26.4 Å². The van der Waals surface area contributed by atoms with Gasteiger partial charge in [-0.25, -0.2) is 36.5 Å². The van der Waals surface area contributed by atoms with Crippen LogP contribution >= 0.6 is 0 Å². The first-order valence-electron chi connectivity index (χ1n) is 42.5. The van der Waals surface area contributed by atoms with Gasteiger partial charge in [0.2, 0.25) is 27.2 Å². The Morgan fingerprint density at radius 1 is 0.258 bits per heavy atom. The van der Waals surface area contributed by atoms with Crippen LogP contribution in [0.15, 0.2) is 220 Å². The number of esters is 4. The molecule has 0 atom stereocenters. The SMILES string of the molecule is CC(=O)OCCCC1c2cc3c4c(C[n+]5ccc(-c6cc[n+](C)cc6)cc5)c2OCOc2c5cc(c(c2C[n+]2ccc(-c6cc[n+](C)cc6)cc2)OCOc2c6cc(c(c2C[n+]2ccc(-c7cc[n+](C)cc7)cc2)OCOc2c1cc(c(c2C[n+]1ccc(-c2cc[n+](C)cc2)cc1)OCO4)C6CCCOC(C)=O)C5CCCOC(C)=O)C3CCCOC(C)=O. The van der Waals surface area contributed by atoms with Crippen LogP contribution in [0, 0.1) is 0 Å². The maximum Gasteiger partial charge on any atom is 0.302 e. The molecule has 0 radical (unpaired) electrons. The van der Waals surface area contributed by atoms with Crippen molar-refractivity contribution >= 4 is 23.9 Å². The number of carbonyl (C=O) groups is 4. The standard InChI is InChI=1S/C100H104N8O16/c1-65(109)113-49-9-13-77-81-53-83-78(14-10-50-114-66(2)110)85-55-87-80(16-12-52-116-68(4)112)88-56-86-79(15-11-51-115-67(3)111)84-54-82(77)94-90(58-106-43-27-74(28-44-106)70-19-35-102(6)36-20-70)96(84)122-63-121-95(83)89(57-105-41-25-73(26-42-105)69-17-33-101(5)34-18-69)93(81)117-61-119-99(87)91(59-107-45-29-75(30-46-107)71-21-37-103(7)38-22-71)97(85)123-64-124-98(86)92(100(88)120-62-118-94)60-108-47-31-76(32-48-108)72-23-39-104(8)40-24-72/h17-48,53-56,77-80H,9-16,49-52,57-64H2,1-8H3/q+8. The zero-order valence-corrected chi connectivity index (χ0v) is 71.3. The number of aromatic nitrogens is 8. The lowest BCUT2D eigenvalue weighted by molar-refractivity contribution is -0.688. The summed E-state index contributed by atoms with van der Waals surface area (Å²) in [4.78, 5) is 52.5. The van der Waals surface area contributed by atoms with Crippen LogP contribution in [0.2, 0.25) is 0 Å². The molecule has 4 aromatic carbocycles. The molecule has 0 amide bonds. The largest absolute Gasteiger partial charge is 0.466 e. The zero-order valence-electron chi connectivity index (χ0n) is 71.3. The number of carbonyl (C=O) groups excluding carboxylic acids is 4. The van der Waals surface area contributed by atoms with Crippen LogP contribution in [0.4, 0.5) is 0 Å². The Morgan fingerprint density at radius 2 is 0.411 bits per heavy atom. The predicted octanol–water partition coefficient (Wildman–Crippen LogP) is 12.1. The lowest BCUT2D eigenvalue weighted by Gasteiger charge is -2.37. The van der Waals surface area contributed by atoms with E-state index in [1.165, 1.54) is 27.7 Å². The van der Waals surface area contributed by atoms with E-state index < -0.39 is 47.5 Å². The van der Waals surface area contributed by atoms with Gasteiger partial charge in [0.1, 0.15) is 96.4 Å². The maximum atomic E-state index is 13.1. The van der Waals surface area contributed by atoms with E-state index in [9.17, 15) is 19.2 Å². The van der Waals surface area contributed by atoms with Crippen molar-refractivity contribution in [2.24, 2.45) is 28.2 Å². The number of benzene rings is 4. The van der Waals surface area contributed by atoms with E-state index in [0.717, 1.165) is 89.0 Å². The fraction of sp³-hybridized carbons (Fsp3) is 0.320. The Balaban J connectivity index is 1.01. The van der Waals surface area contributed by atoms with Crippen LogP contribution in [0.1, 0.15) is 169 Å². The summed E-state index contributed by atoms with van der Waals surface area (Å²) in [5.41, 5.74) is 16.8. The topological polar surface area (TPSA) is 210 Å². The Morgan fingerprint density at radius 3 is 0.565 bits per heavy atom. The predicted molar refractivity (Wildman–Crippen MR) is 451 cm³/mol. The van der Waals surface area contributed by atoms with Crippen molar-refractivity contribution in [3.05, 3.63) is 287 Å². The third-order valence-electron chi connectivity index (χ3n) is 24.1. The summed E-state index contributed by atoms with van der Waals surface area (Å²) in [6.07, 6.45) is 35.6. The molecule has 24 heteroatoms. The van der Waals surface area contributed by atoms with E-state index in [-0.39, 0.29) is 79.8 Å². The molecule has 0 fully saturated rings. The van der Waals surface area contributed by atoms with Crippen molar-refractivity contribution < 1.29 is 113 Å². The Bertz CT molecular complexity index is 5100. The summed E-state index contributed by atoms with van der Waals surface area (Å²) in [6.45, 7) is 5.28. The summed E-state index contributed by atoms with van der Waals surface area (Å²) in [6, 6.07) is 42.4. The molecule has 0 N–H and O–H groups in total. The minimum atomic E-state index is -0.699. The van der Waals surface area contributed by atoms with Crippen LogP contribution in [0.3, 0.4) is 0 Å². The fourth-order valence-corrected chi connectivity index (χ4v) is 18.1. The highest BCUT2D eigenvalue weighted by molar-refractivity contribution is 5.72. The van der Waals surface area contributed by atoms with Gasteiger partial charge in [0.15, 0.2) is 125 Å². The summed E-state index contributed by atoms with van der Waals surface area (Å²) >= 11 is 0. The van der Waals surface area contributed by atoms with E-state index in [1.807, 2.05) is 96.0 Å². The first kappa shape index (κ1) is 82.7. The summed E-state index contributed by atoms with van der Waals surface area (Å²) in [5, 5.41) is 0. The molecule has 124 heavy (non-hydrogen) atoms. The van der Waals surface area contributed by atoms with Gasteiger partial charge in [0.25, 0.3) is 0 Å². The maximum absolute atomic E-state index is 13.1. The van der Waals surface area contributed by atoms with Crippen molar-refractivity contribution in [2.75, 3.05) is 53.6 Å². The van der Waals surface area contributed by atoms with Crippen LogP contribution in [-0.4, -0.2) is 77.5 Å². The fourth-order valence-electron chi connectivity index (χ4n) is 18.1. The average Bonchev–Trinajstić information content (AvgIpc) is 0.717. The van der Waals surface area contributed by atoms with E-state index in [4.69, 9.17) is 56.8 Å². The number of hydrogen-bond donors (Lipinski definition) is 0. The first-order valence-corrected chi connectivity index (χ1v) is 42.5. The molecule has 0 saturated heterocycles. The molecule has 12 aliphatic heterocycles. The van der Waals surface area contributed by atoms with Crippen molar-refractivity contribution in [1.29, 1.82) is 0 Å². The highest BCUT2D eigenvalue weighted by atomic mass is 16.7. The molecule has 24 rings (SSSR count). The Labute approximate surface area is 721 Å². The number of hydrogen-bond acceptors (Lipinski definition) is 16. The Kier molecular flexibility index (Phi) is 24.6.